The maximum atomic E-state index is 14.8. The Labute approximate surface area is 245 Å². The fourth-order valence-electron chi connectivity index (χ4n) is 4.99. The molecule has 2 aromatic heterocycles. The van der Waals surface area contributed by atoms with Crippen LogP contribution in [0.15, 0.2) is 35.1 Å². The Morgan fingerprint density at radius 3 is 2.43 bits per heavy atom. The minimum atomic E-state index is -3.46. The van der Waals surface area contributed by atoms with Gasteiger partial charge in [0.2, 0.25) is 6.41 Å². The number of benzene rings is 1. The van der Waals surface area contributed by atoms with E-state index in [1.807, 2.05) is 6.07 Å². The molecule has 1 atom stereocenters. The summed E-state index contributed by atoms with van der Waals surface area (Å²) in [5, 5.41) is 16.3. The summed E-state index contributed by atoms with van der Waals surface area (Å²) in [5.41, 5.74) is -2.39. The molecule has 3 rings (SSSR count). The van der Waals surface area contributed by atoms with E-state index in [1.165, 1.54) is 22.8 Å². The second kappa shape index (κ2) is 13.9. The number of pyridine rings is 1. The van der Waals surface area contributed by atoms with E-state index in [0.29, 0.717) is 54.1 Å². The first-order valence-electron chi connectivity index (χ1n) is 13.5. The van der Waals surface area contributed by atoms with Crippen LogP contribution in [0.5, 0.6) is 0 Å². The lowest BCUT2D eigenvalue weighted by molar-refractivity contribution is -0.168. The Bertz CT molecular complexity index is 1460. The van der Waals surface area contributed by atoms with Crippen LogP contribution in [0.2, 0.25) is 0 Å². The molecule has 9 nitrogen and oxygen atoms in total. The number of terminal acetylenes is 1. The molecule has 0 unspecified atom stereocenters. The smallest absolute Gasteiger partial charge is 0.300 e. The van der Waals surface area contributed by atoms with Gasteiger partial charge in [-0.1, -0.05) is 32.0 Å². The summed E-state index contributed by atoms with van der Waals surface area (Å²) in [6.07, 6.45) is 9.64. The number of ether oxygens (including phenoxy) is 1. The molecule has 3 N–H and O–H groups in total. The molecule has 11 heteroatoms. The Morgan fingerprint density at radius 1 is 1.19 bits per heavy atom. The maximum Gasteiger partial charge on any atom is 0.300 e. The number of aryl methyl sites for hydroxylation is 1. The van der Waals surface area contributed by atoms with Crippen LogP contribution in [-0.2, 0) is 34.6 Å². The van der Waals surface area contributed by atoms with Crippen molar-refractivity contribution in [3.63, 3.8) is 0 Å². The van der Waals surface area contributed by atoms with Gasteiger partial charge >= 0.3 is 5.92 Å². The van der Waals surface area contributed by atoms with Crippen LogP contribution < -0.4 is 16.2 Å². The van der Waals surface area contributed by atoms with E-state index >= 15 is 0 Å². The fourth-order valence-corrected chi connectivity index (χ4v) is 4.99. The minimum Gasteiger partial charge on any atom is -0.384 e. The summed E-state index contributed by atoms with van der Waals surface area (Å²) < 4.78 is 37.1. The molecule has 0 spiro atoms. The van der Waals surface area contributed by atoms with E-state index in [9.17, 15) is 23.5 Å². The third-order valence-corrected chi connectivity index (χ3v) is 7.08. The van der Waals surface area contributed by atoms with Crippen LogP contribution in [-0.4, -0.2) is 45.3 Å². The van der Waals surface area contributed by atoms with Gasteiger partial charge in [0, 0.05) is 32.8 Å². The zero-order chi connectivity index (χ0) is 31.9. The van der Waals surface area contributed by atoms with Gasteiger partial charge in [0.25, 0.3) is 5.56 Å². The lowest BCUT2D eigenvalue weighted by atomic mass is 9.85. The standard InChI is InChI=1S/C29H39F2N5O4.C2H2/c1-18(2)15-28(40-7,11-12-32-17-37)23-14-22-24(26(38)36(23)6)34-19(3)35-25(22)33-16-20-9-8-10-21(13-20)29(30,31)27(4,5)39;1-2/h8-10,13-14,17-18,39H,11-12,15-16H2,1-7H3,(H,32,37)(H,33,34,35);1-2H/t28-;/m1./s1. The average Bonchev–Trinajstić information content (AvgIpc) is 2.94. The van der Waals surface area contributed by atoms with Crippen molar-refractivity contribution in [1.29, 1.82) is 0 Å². The van der Waals surface area contributed by atoms with Crippen LogP contribution in [0.3, 0.4) is 0 Å². The van der Waals surface area contributed by atoms with Crippen LogP contribution in [0.1, 0.15) is 63.2 Å². The van der Waals surface area contributed by atoms with Crippen LogP contribution in [0.4, 0.5) is 14.6 Å². The lowest BCUT2D eigenvalue weighted by Gasteiger charge is -2.36. The van der Waals surface area contributed by atoms with Crippen molar-refractivity contribution in [1.82, 2.24) is 19.9 Å². The van der Waals surface area contributed by atoms with Crippen molar-refractivity contribution >= 4 is 23.1 Å². The van der Waals surface area contributed by atoms with Gasteiger partial charge in [-0.05, 0) is 57.2 Å². The van der Waals surface area contributed by atoms with Gasteiger partial charge in [0.15, 0.2) is 0 Å². The number of aromatic nitrogens is 3. The van der Waals surface area contributed by atoms with Gasteiger partial charge in [-0.15, -0.1) is 12.8 Å². The summed E-state index contributed by atoms with van der Waals surface area (Å²) in [5.74, 6) is -2.50. The molecule has 1 amide bonds. The molecule has 0 fully saturated rings. The number of rotatable bonds is 13. The van der Waals surface area contributed by atoms with Gasteiger partial charge in [-0.25, -0.2) is 9.97 Å². The van der Waals surface area contributed by atoms with Gasteiger partial charge in [0.05, 0.1) is 11.1 Å². The molecular weight excluding hydrogens is 544 g/mol. The predicted octanol–water partition coefficient (Wildman–Crippen LogP) is 4.39. The van der Waals surface area contributed by atoms with Gasteiger partial charge in [0.1, 0.15) is 28.4 Å². The third kappa shape index (κ3) is 7.30. The number of nitrogens with zero attached hydrogens (tertiary/aromatic N) is 3. The molecule has 0 bridgehead atoms. The zero-order valence-corrected chi connectivity index (χ0v) is 25.3. The number of anilines is 1. The van der Waals surface area contributed by atoms with Gasteiger partial charge < -0.3 is 25.0 Å². The Kier molecular flexibility index (Phi) is 11.3. The summed E-state index contributed by atoms with van der Waals surface area (Å²) in [7, 11) is 3.25. The molecule has 0 saturated heterocycles. The zero-order valence-electron chi connectivity index (χ0n) is 25.3. The molecule has 42 heavy (non-hydrogen) atoms. The number of nitrogens with one attached hydrogen (secondary N) is 2. The molecule has 3 aromatic rings. The number of alkyl halides is 2. The monoisotopic (exact) mass is 585 g/mol. The second-order valence-corrected chi connectivity index (χ2v) is 11.1. The SMILES string of the molecule is C#C.CO[C@](CCNC=O)(CC(C)C)c1cc2c(NCc3cccc(C(F)(F)C(C)(C)O)c3)nc(C)nc2c(=O)n1C. The molecule has 2 heterocycles. The molecule has 0 aliphatic rings. The summed E-state index contributed by atoms with van der Waals surface area (Å²) in [6, 6.07) is 7.64. The van der Waals surface area contributed by atoms with Crippen molar-refractivity contribution in [3.05, 3.63) is 63.3 Å². The second-order valence-electron chi connectivity index (χ2n) is 11.1. The van der Waals surface area contributed by atoms with Crippen molar-refractivity contribution in [2.24, 2.45) is 13.0 Å². The number of methoxy groups -OCH3 is 1. The first-order valence-corrected chi connectivity index (χ1v) is 13.5. The molecule has 0 saturated carbocycles. The first-order chi connectivity index (χ1) is 19.7. The highest BCUT2D eigenvalue weighted by molar-refractivity contribution is 5.89. The molecular formula is C31H41F2N5O4. The highest BCUT2D eigenvalue weighted by Gasteiger charge is 2.47. The van der Waals surface area contributed by atoms with E-state index < -0.39 is 17.1 Å². The van der Waals surface area contributed by atoms with Crippen molar-refractivity contribution < 1.29 is 23.4 Å². The molecule has 0 aliphatic carbocycles. The number of aliphatic hydroxyl groups is 1. The fraction of sp³-hybridized carbons (Fsp3) is 0.484. The van der Waals surface area contributed by atoms with Crippen molar-refractivity contribution in [2.75, 3.05) is 19.0 Å². The Morgan fingerprint density at radius 2 is 1.86 bits per heavy atom. The lowest BCUT2D eigenvalue weighted by Crippen LogP contribution is -2.40. The number of hydrogen-bond acceptors (Lipinski definition) is 7. The summed E-state index contributed by atoms with van der Waals surface area (Å²) in [4.78, 5) is 33.4. The Balaban J connectivity index is 0.00000301. The van der Waals surface area contributed by atoms with Crippen molar-refractivity contribution in [3.8, 4) is 12.8 Å². The maximum absolute atomic E-state index is 14.8. The number of hydrogen-bond donors (Lipinski definition) is 3. The number of carbonyl (C=O) groups excluding carboxylic acids is 1. The number of halogens is 2. The summed E-state index contributed by atoms with van der Waals surface area (Å²) in [6.45, 7) is 8.39. The number of fused-ring (bicyclic) bond motifs is 1. The van der Waals surface area contributed by atoms with Gasteiger partial charge in [-0.2, -0.15) is 8.78 Å². The van der Waals surface area contributed by atoms with E-state index in [4.69, 9.17) is 4.74 Å². The van der Waals surface area contributed by atoms with E-state index in [-0.39, 0.29) is 29.1 Å². The van der Waals surface area contributed by atoms with E-state index in [1.54, 1.807) is 27.1 Å². The molecule has 1 aromatic carbocycles. The van der Waals surface area contributed by atoms with E-state index in [2.05, 4.69) is 47.3 Å². The highest BCUT2D eigenvalue weighted by atomic mass is 19.3. The van der Waals surface area contributed by atoms with Crippen molar-refractivity contribution in [2.45, 2.75) is 71.1 Å². The minimum absolute atomic E-state index is 0.135. The largest absolute Gasteiger partial charge is 0.384 e. The number of amides is 1. The number of carbonyl (C=O) groups is 1. The van der Waals surface area contributed by atoms with Crippen LogP contribution in [0, 0.1) is 25.7 Å². The average molecular weight is 586 g/mol. The van der Waals surface area contributed by atoms with Gasteiger partial charge in [-0.3, -0.25) is 9.59 Å². The predicted molar refractivity (Wildman–Crippen MR) is 160 cm³/mol. The quantitative estimate of drug-likeness (QED) is 0.155. The topological polar surface area (TPSA) is 118 Å². The Hall–Kier alpha value is -3.88. The van der Waals surface area contributed by atoms with E-state index in [0.717, 1.165) is 13.8 Å². The molecule has 228 valence electrons. The summed E-state index contributed by atoms with van der Waals surface area (Å²) >= 11 is 0. The highest BCUT2D eigenvalue weighted by Crippen LogP contribution is 2.39. The van der Waals surface area contributed by atoms with Crippen LogP contribution >= 0.6 is 0 Å². The normalized spacial score (nSPS) is 13.3. The molecule has 0 radical (unpaired) electrons. The first kappa shape index (κ1) is 34.3. The molecule has 0 aliphatic heterocycles. The third-order valence-electron chi connectivity index (χ3n) is 7.08. The van der Waals surface area contributed by atoms with Crippen LogP contribution in [0.25, 0.3) is 10.9 Å².